The lowest BCUT2D eigenvalue weighted by Gasteiger charge is -2.26. The van der Waals surface area contributed by atoms with Crippen molar-refractivity contribution in [3.8, 4) is 35.5 Å². The van der Waals surface area contributed by atoms with Crippen LogP contribution in [0.4, 0.5) is 17.5 Å². The standard InChI is InChI=1S/C24H32N6O6.C23H30N6O6.C22H28N6O6/c1-3-26-23(34)20-18(32)19(33)24(36-20)30-12-27-17-21(25)28-16(29-22(17)30)6-4-5-14-7-9-15(10-8-14)11-35-13(2)31;1-3-25-21(32)18-16(30)17(31)22(35-18)29-11-26-15-19(24)27-14(28-20(15)29)6-4-5-12-7-9-13(10-8-12)23(33)34-2;1-2-24-20(31)17-15(29)16(30)21(34-17)28-10-25-14-18(23)26-13(27-19(14)28)5-3-4-11-6-8-12(9-7-11)22(32)33/h12,14-15,18-20,24,32-33H,3,5,7-11H2,1-2H3,(H,26,34)(H2,25,28,29);11-13,16-18,22,30-31H,3,5,7-10H2,1-2H3,(H,25,32)(H2,24,27,28);10-12,15-17,21,29-30H,2,4,6-9H2,1H3,(H,24,31)(H,32,33)(H2,23,26,27). The van der Waals surface area contributed by atoms with E-state index in [1.54, 1.807) is 20.8 Å². The third-order valence-corrected chi connectivity index (χ3v) is 19.5. The van der Waals surface area contributed by atoms with Crippen LogP contribution in [-0.4, -0.2) is 218 Å². The Morgan fingerprint density at radius 3 is 1.08 bits per heavy atom. The number of methoxy groups -OCH3 is 1. The molecule has 0 radical (unpaired) electrons. The molecule has 564 valence electrons. The lowest BCUT2D eigenvalue weighted by molar-refractivity contribution is -0.147. The molecule has 6 aliphatic rings. The van der Waals surface area contributed by atoms with Crippen molar-refractivity contribution >= 4 is 86.6 Å². The summed E-state index contributed by atoms with van der Waals surface area (Å²) in [6, 6.07) is 0. The van der Waals surface area contributed by atoms with E-state index in [9.17, 15) is 59.4 Å². The molecule has 12 atom stereocenters. The topological polar surface area (TPSA) is 535 Å². The molecule has 3 saturated heterocycles. The Bertz CT molecular complexity index is 4300. The van der Waals surface area contributed by atoms with Gasteiger partial charge < -0.3 is 92.6 Å². The van der Waals surface area contributed by atoms with Crippen LogP contribution in [0.15, 0.2) is 19.0 Å². The van der Waals surface area contributed by atoms with Crippen molar-refractivity contribution in [3.63, 3.8) is 0 Å². The van der Waals surface area contributed by atoms with E-state index >= 15 is 0 Å². The van der Waals surface area contributed by atoms with Gasteiger partial charge in [0.1, 0.15) is 53.2 Å². The number of aliphatic hydroxyl groups excluding tert-OH is 6. The van der Waals surface area contributed by atoms with Crippen LogP contribution >= 0.6 is 0 Å². The number of anilines is 3. The number of imidazole rings is 3. The molecule has 3 saturated carbocycles. The summed E-state index contributed by atoms with van der Waals surface area (Å²) in [5.74, 6) is 17.6. The number of rotatable bonds is 16. The molecule has 3 amide bonds. The second kappa shape index (κ2) is 35.3. The van der Waals surface area contributed by atoms with Crippen molar-refractivity contribution < 1.29 is 88.2 Å². The Hall–Kier alpha value is -9.81. The Morgan fingerprint density at radius 2 is 0.781 bits per heavy atom. The van der Waals surface area contributed by atoms with Gasteiger partial charge in [0.05, 0.1) is 44.5 Å². The van der Waals surface area contributed by atoms with Gasteiger partial charge in [-0.05, 0) is 139 Å². The highest BCUT2D eigenvalue weighted by Gasteiger charge is 2.50. The van der Waals surface area contributed by atoms with Gasteiger partial charge in [0, 0.05) is 45.8 Å². The molecule has 36 heteroatoms. The summed E-state index contributed by atoms with van der Waals surface area (Å²) in [5, 5.41) is 79.4. The van der Waals surface area contributed by atoms with Gasteiger partial charge in [0.25, 0.3) is 17.7 Å². The Labute approximate surface area is 602 Å². The van der Waals surface area contributed by atoms with Gasteiger partial charge in [0.2, 0.25) is 17.5 Å². The van der Waals surface area contributed by atoms with Gasteiger partial charge in [-0.3, -0.25) is 42.5 Å². The summed E-state index contributed by atoms with van der Waals surface area (Å²) in [7, 11) is 1.41. The number of fused-ring (bicyclic) bond motifs is 3. The molecule has 16 N–H and O–H groups in total. The number of aromatic nitrogens is 12. The highest BCUT2D eigenvalue weighted by Crippen LogP contribution is 2.38. The third kappa shape index (κ3) is 18.3. The second-order valence-corrected chi connectivity index (χ2v) is 26.7. The maximum absolute atomic E-state index is 12.2. The summed E-state index contributed by atoms with van der Waals surface area (Å²) in [5.41, 5.74) is 19.9. The van der Waals surface area contributed by atoms with Crippen LogP contribution in [0.5, 0.6) is 0 Å². The molecule has 6 aromatic rings. The number of nitrogen functional groups attached to an aromatic ring is 3. The molecule has 36 nitrogen and oxygen atoms in total. The maximum atomic E-state index is 12.2. The molecule has 0 bridgehead atoms. The Balaban J connectivity index is 0.000000169. The van der Waals surface area contributed by atoms with Crippen molar-refractivity contribution in [3.05, 3.63) is 36.5 Å². The van der Waals surface area contributed by atoms with Crippen molar-refractivity contribution in [1.82, 2.24) is 74.5 Å². The predicted octanol–water partition coefficient (Wildman–Crippen LogP) is -0.0439. The molecule has 0 aromatic carbocycles. The minimum Gasteiger partial charge on any atom is -0.481 e. The van der Waals surface area contributed by atoms with Crippen molar-refractivity contribution in [2.75, 3.05) is 50.6 Å². The fourth-order valence-electron chi connectivity index (χ4n) is 13.7. The number of carbonyl (C=O) groups excluding carboxylic acids is 5. The number of likely N-dealkylation sites (N-methyl/N-ethyl adjacent to an activating group) is 3. The number of amides is 3. The third-order valence-electron chi connectivity index (χ3n) is 19.5. The van der Waals surface area contributed by atoms with Gasteiger partial charge in [-0.15, -0.1) is 0 Å². The van der Waals surface area contributed by atoms with E-state index in [2.05, 4.69) is 96.3 Å². The molecule has 0 spiro atoms. The summed E-state index contributed by atoms with van der Waals surface area (Å²) in [6.45, 7) is 8.21. The van der Waals surface area contributed by atoms with E-state index in [-0.39, 0.29) is 81.2 Å². The van der Waals surface area contributed by atoms with E-state index in [0.717, 1.165) is 64.2 Å². The Morgan fingerprint density at radius 1 is 0.476 bits per heavy atom. The highest BCUT2D eigenvalue weighted by atomic mass is 16.6. The molecule has 12 rings (SSSR count). The zero-order valence-corrected chi connectivity index (χ0v) is 58.8. The molecule has 12 unspecified atom stereocenters. The molecule has 9 heterocycles. The van der Waals surface area contributed by atoms with Crippen molar-refractivity contribution in [2.45, 2.75) is 198 Å². The van der Waals surface area contributed by atoms with Crippen molar-refractivity contribution in [2.24, 2.45) is 35.5 Å². The van der Waals surface area contributed by atoms with E-state index in [0.29, 0.717) is 93.1 Å². The maximum Gasteiger partial charge on any atom is 0.308 e. The summed E-state index contributed by atoms with van der Waals surface area (Å²) >= 11 is 0. The zero-order valence-electron chi connectivity index (χ0n) is 58.8. The van der Waals surface area contributed by atoms with E-state index in [1.807, 2.05) is 0 Å². The number of nitrogens with one attached hydrogen (secondary N) is 3. The monoisotopic (exact) mass is 1460 g/mol. The minimum atomic E-state index is -1.43. The number of carboxylic acid groups (broad SMARTS) is 1. The number of nitrogens with zero attached hydrogens (tertiary/aromatic N) is 12. The number of nitrogens with two attached hydrogens (primary N) is 3. The van der Waals surface area contributed by atoms with Crippen LogP contribution in [0.1, 0.15) is 160 Å². The van der Waals surface area contributed by atoms with Gasteiger partial charge in [0.15, 0.2) is 71.4 Å². The van der Waals surface area contributed by atoms with E-state index < -0.39 is 97.3 Å². The first kappa shape index (κ1) is 77.8. The van der Waals surface area contributed by atoms with Crippen LogP contribution in [0.3, 0.4) is 0 Å². The number of hydrogen-bond donors (Lipinski definition) is 13. The molecule has 3 aliphatic heterocycles. The first-order chi connectivity index (χ1) is 50.4. The van der Waals surface area contributed by atoms with Crippen LogP contribution < -0.4 is 33.2 Å². The molecule has 6 fully saturated rings. The van der Waals surface area contributed by atoms with Crippen molar-refractivity contribution in [1.29, 1.82) is 0 Å². The fourth-order valence-corrected chi connectivity index (χ4v) is 13.7. The molecule has 6 aromatic heterocycles. The minimum absolute atomic E-state index is 0.0330. The summed E-state index contributed by atoms with van der Waals surface area (Å²) in [6.07, 6.45) is 0.955. The number of aliphatic carboxylic acids is 1. The van der Waals surface area contributed by atoms with E-state index in [4.69, 9.17) is 46.0 Å². The number of carboxylic acids is 1. The van der Waals surface area contributed by atoms with Crippen LogP contribution in [0.25, 0.3) is 33.5 Å². The molecular formula is C69H90N18O18. The Kier molecular flexibility index (Phi) is 26.2. The normalized spacial score (nSPS) is 28.4. The second-order valence-electron chi connectivity index (χ2n) is 26.7. The predicted molar refractivity (Wildman–Crippen MR) is 370 cm³/mol. The lowest BCUT2D eigenvalue weighted by Crippen LogP contribution is -2.42. The van der Waals surface area contributed by atoms with Crippen LogP contribution in [0, 0.1) is 71.0 Å². The quantitative estimate of drug-likeness (QED) is 0.0446. The van der Waals surface area contributed by atoms with E-state index in [1.165, 1.54) is 46.7 Å². The smallest absolute Gasteiger partial charge is 0.308 e. The summed E-state index contributed by atoms with van der Waals surface area (Å²) < 4.78 is 31.2. The van der Waals surface area contributed by atoms with Crippen LogP contribution in [-0.2, 0) is 52.5 Å². The number of esters is 2. The van der Waals surface area contributed by atoms with Gasteiger partial charge in [-0.1, -0.05) is 17.8 Å². The SMILES string of the molecule is CCNC(=O)C1OC(n2cnc3c(N)nc(C#CCC4CCC(C(=O)O)CC4)nc32)C(O)C1O.CCNC(=O)C1OC(n2cnc3c(N)nc(C#CCC4CCC(C(=O)OC)CC4)nc32)C(O)C1O.CCNC(=O)C1OC(n2cnc3c(N)nc(C#CCC4CCC(COC(C)=O)CC4)nc32)C(O)C1O. The number of aliphatic hydroxyl groups is 6. The molecular weight excluding hydrogens is 1370 g/mol. The first-order valence-corrected chi connectivity index (χ1v) is 35.2. The average molecular weight is 1460 g/mol. The first-order valence-electron chi connectivity index (χ1n) is 35.2. The summed E-state index contributed by atoms with van der Waals surface area (Å²) in [4.78, 5) is 109. The number of ether oxygens (including phenoxy) is 5. The van der Waals surface area contributed by atoms with Crippen LogP contribution in [0.2, 0.25) is 0 Å². The molecule has 105 heavy (non-hydrogen) atoms. The largest absolute Gasteiger partial charge is 0.481 e. The lowest BCUT2D eigenvalue weighted by atomic mass is 9.81. The number of carbonyl (C=O) groups is 6. The highest BCUT2D eigenvalue weighted by molar-refractivity contribution is 5.86. The molecule has 3 aliphatic carbocycles. The van der Waals surface area contributed by atoms with Gasteiger partial charge in [-0.25, -0.2) is 44.9 Å². The number of hydrogen-bond acceptors (Lipinski definition) is 29. The zero-order chi connectivity index (χ0) is 75.3. The fraction of sp³-hybridized carbons (Fsp3) is 0.609. The van der Waals surface area contributed by atoms with Gasteiger partial charge >= 0.3 is 17.9 Å². The van der Waals surface area contributed by atoms with Gasteiger partial charge in [-0.2, -0.15) is 0 Å². The average Bonchev–Trinajstić information content (AvgIpc) is 1.64.